The van der Waals surface area contributed by atoms with Crippen molar-refractivity contribution in [1.82, 2.24) is 4.31 Å². The lowest BCUT2D eigenvalue weighted by Crippen LogP contribution is -2.28. The molecule has 0 amide bonds. The smallest absolute Gasteiger partial charge is 0.243 e. The fraction of sp³-hybridized carbons (Fsp3) is 0.455. The van der Waals surface area contributed by atoms with Gasteiger partial charge >= 0.3 is 0 Å². The maximum atomic E-state index is 13.2. The Morgan fingerprint density at radius 3 is 2.53 bits per heavy atom. The van der Waals surface area contributed by atoms with Crippen molar-refractivity contribution < 1.29 is 17.9 Å². The molecule has 0 aliphatic carbocycles. The van der Waals surface area contributed by atoms with Gasteiger partial charge in [0.05, 0.1) is 11.5 Å². The average molecular weight is 259 g/mol. The number of halogens is 1. The summed E-state index contributed by atoms with van der Waals surface area (Å²) in [5.41, 5.74) is 0.00488. The van der Waals surface area contributed by atoms with Crippen LogP contribution in [-0.4, -0.2) is 30.9 Å². The van der Waals surface area contributed by atoms with E-state index in [2.05, 4.69) is 0 Å². The van der Waals surface area contributed by atoms with Gasteiger partial charge in [-0.25, -0.2) is 12.8 Å². The van der Waals surface area contributed by atoms with Crippen LogP contribution in [0.4, 0.5) is 4.39 Å². The van der Waals surface area contributed by atoms with Crippen molar-refractivity contribution in [3.63, 3.8) is 0 Å². The van der Waals surface area contributed by atoms with Gasteiger partial charge in [-0.1, -0.05) is 0 Å². The molecule has 1 aliphatic heterocycles. The van der Waals surface area contributed by atoms with Gasteiger partial charge in [-0.2, -0.15) is 4.31 Å². The first-order valence-corrected chi connectivity index (χ1v) is 6.89. The molecule has 0 radical (unpaired) electrons. The van der Waals surface area contributed by atoms with Crippen LogP contribution in [0.5, 0.6) is 0 Å². The monoisotopic (exact) mass is 259 g/mol. The van der Waals surface area contributed by atoms with Gasteiger partial charge in [0, 0.05) is 18.7 Å². The van der Waals surface area contributed by atoms with E-state index in [-0.39, 0.29) is 10.5 Å². The Morgan fingerprint density at radius 2 is 1.94 bits per heavy atom. The average Bonchev–Trinajstić information content (AvgIpc) is 2.83. The number of hydrogen-bond acceptors (Lipinski definition) is 3. The van der Waals surface area contributed by atoms with Crippen LogP contribution in [0.15, 0.2) is 23.1 Å². The lowest BCUT2D eigenvalue weighted by Gasteiger charge is -2.16. The Morgan fingerprint density at radius 1 is 1.29 bits per heavy atom. The van der Waals surface area contributed by atoms with Crippen molar-refractivity contribution in [3.8, 4) is 0 Å². The third-order valence-electron chi connectivity index (χ3n) is 2.89. The van der Waals surface area contributed by atoms with Crippen LogP contribution in [0.3, 0.4) is 0 Å². The summed E-state index contributed by atoms with van der Waals surface area (Å²) in [6.45, 7) is 0.511. The molecule has 2 rings (SSSR count). The van der Waals surface area contributed by atoms with E-state index in [1.165, 1.54) is 16.4 Å². The quantitative estimate of drug-likeness (QED) is 0.884. The van der Waals surface area contributed by atoms with E-state index in [9.17, 15) is 12.8 Å². The van der Waals surface area contributed by atoms with Gasteiger partial charge in [0.1, 0.15) is 5.82 Å². The van der Waals surface area contributed by atoms with Crippen LogP contribution in [0.1, 0.15) is 18.4 Å². The normalized spacial score (nSPS) is 17.5. The number of hydrogen-bond donors (Lipinski definition) is 1. The van der Waals surface area contributed by atoms with Crippen molar-refractivity contribution in [1.29, 1.82) is 0 Å². The first kappa shape index (κ1) is 12.5. The Labute approximate surface area is 99.7 Å². The second-order valence-electron chi connectivity index (χ2n) is 4.02. The summed E-state index contributed by atoms with van der Waals surface area (Å²) < 4.78 is 38.8. The molecule has 0 saturated carbocycles. The number of benzene rings is 1. The van der Waals surface area contributed by atoms with Crippen LogP contribution < -0.4 is 0 Å². The van der Waals surface area contributed by atoms with Crippen LogP contribution in [0.2, 0.25) is 0 Å². The predicted molar refractivity (Wildman–Crippen MR) is 60.3 cm³/mol. The van der Waals surface area contributed by atoms with Crippen molar-refractivity contribution in [2.45, 2.75) is 24.3 Å². The Balaban J connectivity index is 2.39. The summed E-state index contributed by atoms with van der Waals surface area (Å²) in [6, 6.07) is 3.51. The van der Waals surface area contributed by atoms with E-state index in [4.69, 9.17) is 5.11 Å². The molecule has 6 heteroatoms. The summed E-state index contributed by atoms with van der Waals surface area (Å²) in [5.74, 6) is -0.590. The minimum Gasteiger partial charge on any atom is -0.392 e. The molecule has 94 valence electrons. The van der Waals surface area contributed by atoms with E-state index < -0.39 is 22.4 Å². The minimum atomic E-state index is -3.53. The number of sulfonamides is 1. The first-order chi connectivity index (χ1) is 8.05. The Hall–Kier alpha value is -0.980. The van der Waals surface area contributed by atoms with E-state index in [1.807, 2.05) is 0 Å². The van der Waals surface area contributed by atoms with Gasteiger partial charge in [0.15, 0.2) is 0 Å². The third-order valence-corrected chi connectivity index (χ3v) is 4.78. The van der Waals surface area contributed by atoms with Gasteiger partial charge in [0.25, 0.3) is 0 Å². The summed E-state index contributed by atoms with van der Waals surface area (Å²) in [7, 11) is -3.53. The molecule has 0 bridgehead atoms. The highest BCUT2D eigenvalue weighted by Crippen LogP contribution is 2.22. The molecule has 0 aromatic heterocycles. The van der Waals surface area contributed by atoms with Gasteiger partial charge in [-0.05, 0) is 31.0 Å². The van der Waals surface area contributed by atoms with Crippen molar-refractivity contribution >= 4 is 10.0 Å². The molecule has 0 spiro atoms. The molecule has 1 aromatic rings. The van der Waals surface area contributed by atoms with Crippen LogP contribution in [0.25, 0.3) is 0 Å². The molecular weight excluding hydrogens is 245 g/mol. The minimum absolute atomic E-state index is 0.00488. The summed E-state index contributed by atoms with van der Waals surface area (Å²) in [4.78, 5) is 0.0462. The predicted octanol–water partition coefficient (Wildman–Crippen LogP) is 1.10. The Bertz CT molecular complexity index is 509. The fourth-order valence-electron chi connectivity index (χ4n) is 1.91. The summed E-state index contributed by atoms with van der Waals surface area (Å²) in [5, 5.41) is 8.93. The van der Waals surface area contributed by atoms with Crippen molar-refractivity contribution in [2.75, 3.05) is 13.1 Å². The van der Waals surface area contributed by atoms with E-state index in [0.717, 1.165) is 18.9 Å². The number of rotatable bonds is 3. The maximum Gasteiger partial charge on any atom is 0.243 e. The molecule has 1 heterocycles. The zero-order valence-electron chi connectivity index (χ0n) is 9.26. The van der Waals surface area contributed by atoms with Crippen LogP contribution in [-0.2, 0) is 16.6 Å². The molecule has 0 unspecified atom stereocenters. The molecule has 1 aliphatic rings. The van der Waals surface area contributed by atoms with E-state index in [1.54, 1.807) is 0 Å². The Kier molecular flexibility index (Phi) is 3.46. The van der Waals surface area contributed by atoms with E-state index in [0.29, 0.717) is 13.1 Å². The highest BCUT2D eigenvalue weighted by atomic mass is 32.2. The molecular formula is C11H14FNO3S. The second kappa shape index (κ2) is 4.72. The lowest BCUT2D eigenvalue weighted by molar-refractivity contribution is 0.275. The largest absolute Gasteiger partial charge is 0.392 e. The first-order valence-electron chi connectivity index (χ1n) is 5.45. The zero-order chi connectivity index (χ0) is 12.5. The molecule has 1 aromatic carbocycles. The van der Waals surface area contributed by atoms with Crippen LogP contribution in [0, 0.1) is 5.82 Å². The van der Waals surface area contributed by atoms with Gasteiger partial charge in [-0.3, -0.25) is 0 Å². The number of nitrogens with zero attached hydrogens (tertiary/aromatic N) is 1. The van der Waals surface area contributed by atoms with Gasteiger partial charge in [-0.15, -0.1) is 0 Å². The number of aliphatic hydroxyl groups is 1. The molecule has 17 heavy (non-hydrogen) atoms. The topological polar surface area (TPSA) is 57.6 Å². The van der Waals surface area contributed by atoms with Crippen LogP contribution >= 0.6 is 0 Å². The van der Waals surface area contributed by atoms with Gasteiger partial charge in [0.2, 0.25) is 10.0 Å². The second-order valence-corrected chi connectivity index (χ2v) is 5.96. The fourth-order valence-corrected chi connectivity index (χ4v) is 3.48. The van der Waals surface area contributed by atoms with Crippen molar-refractivity contribution in [3.05, 3.63) is 29.6 Å². The molecule has 1 N–H and O–H groups in total. The summed E-state index contributed by atoms with van der Waals surface area (Å²) in [6.07, 6.45) is 1.71. The lowest BCUT2D eigenvalue weighted by atomic mass is 10.2. The summed E-state index contributed by atoms with van der Waals surface area (Å²) >= 11 is 0. The highest BCUT2D eigenvalue weighted by molar-refractivity contribution is 7.89. The third kappa shape index (κ3) is 2.34. The molecule has 1 fully saturated rings. The van der Waals surface area contributed by atoms with Gasteiger partial charge < -0.3 is 5.11 Å². The zero-order valence-corrected chi connectivity index (χ0v) is 10.1. The molecule has 1 saturated heterocycles. The standard InChI is InChI=1S/C11H14FNO3S/c12-11-4-3-10(7-9(11)8-14)17(15,16)13-5-1-2-6-13/h3-4,7,14H,1-2,5-6,8H2. The SMILES string of the molecule is O=S(=O)(c1ccc(F)c(CO)c1)N1CCCC1. The molecule has 0 atom stereocenters. The highest BCUT2D eigenvalue weighted by Gasteiger charge is 2.27. The molecule has 4 nitrogen and oxygen atoms in total. The maximum absolute atomic E-state index is 13.2. The van der Waals surface area contributed by atoms with E-state index >= 15 is 0 Å². The number of aliphatic hydroxyl groups excluding tert-OH is 1. The van der Waals surface area contributed by atoms with Crippen molar-refractivity contribution in [2.24, 2.45) is 0 Å².